The summed E-state index contributed by atoms with van der Waals surface area (Å²) in [5.74, 6) is 0.147. The fraction of sp³-hybridized carbons (Fsp3) is 0.125. The zero-order valence-corrected chi connectivity index (χ0v) is 15.9. The van der Waals surface area contributed by atoms with Crippen molar-refractivity contribution in [2.24, 2.45) is 5.10 Å². The number of carbonyl (C=O) groups excluding carboxylic acids is 1. The Bertz CT molecular complexity index is 665. The van der Waals surface area contributed by atoms with Crippen LogP contribution in [-0.2, 0) is 11.2 Å². The number of amides is 1. The molecule has 0 unspecified atom stereocenters. The zero-order valence-electron chi connectivity index (χ0n) is 11.6. The summed E-state index contributed by atoms with van der Waals surface area (Å²) in [7, 11) is 0. The summed E-state index contributed by atoms with van der Waals surface area (Å²) in [6.07, 6.45) is 2.66. The van der Waals surface area contributed by atoms with Crippen molar-refractivity contribution in [3.05, 3.63) is 60.7 Å². The van der Waals surface area contributed by atoms with Gasteiger partial charge in [0.1, 0.15) is 5.75 Å². The van der Waals surface area contributed by atoms with Crippen LogP contribution in [0.1, 0.15) is 17.5 Å². The van der Waals surface area contributed by atoms with Crippen LogP contribution in [0.25, 0.3) is 0 Å². The average Bonchev–Trinajstić information content (AvgIpc) is 2.51. The summed E-state index contributed by atoms with van der Waals surface area (Å²) < 4.78 is 1.50. The van der Waals surface area contributed by atoms with Crippen molar-refractivity contribution in [2.75, 3.05) is 0 Å². The van der Waals surface area contributed by atoms with Crippen molar-refractivity contribution in [2.45, 2.75) is 12.8 Å². The fourth-order valence-electron chi connectivity index (χ4n) is 1.80. The molecule has 0 radical (unpaired) electrons. The summed E-state index contributed by atoms with van der Waals surface area (Å²) in [5, 5.41) is 13.6. The molecule has 0 heterocycles. The van der Waals surface area contributed by atoms with Crippen LogP contribution < -0.4 is 5.43 Å². The Morgan fingerprint density at radius 2 is 1.82 bits per heavy atom. The van der Waals surface area contributed by atoms with E-state index in [-0.39, 0.29) is 11.7 Å². The molecule has 2 rings (SSSR count). The quantitative estimate of drug-likeness (QED) is 0.359. The molecule has 6 heteroatoms. The molecule has 22 heavy (non-hydrogen) atoms. The first-order valence-electron chi connectivity index (χ1n) is 6.60. The van der Waals surface area contributed by atoms with E-state index in [4.69, 9.17) is 0 Å². The number of benzene rings is 2. The first kappa shape index (κ1) is 17.2. The second-order valence-electron chi connectivity index (χ2n) is 4.61. The highest BCUT2D eigenvalue weighted by Gasteiger charge is 2.04. The Labute approximate surface area is 156 Å². The molecule has 0 aliphatic rings. The van der Waals surface area contributed by atoms with E-state index in [1.54, 1.807) is 18.3 Å². The predicted molar refractivity (Wildman–Crippen MR) is 104 cm³/mol. The van der Waals surface area contributed by atoms with Gasteiger partial charge in [-0.15, -0.1) is 0 Å². The van der Waals surface area contributed by atoms with Gasteiger partial charge < -0.3 is 5.11 Å². The highest BCUT2D eigenvalue weighted by atomic mass is 127. The molecule has 4 nitrogen and oxygen atoms in total. The number of halogens is 2. The number of aromatic hydroxyl groups is 1. The normalized spacial score (nSPS) is 10.8. The van der Waals surface area contributed by atoms with Gasteiger partial charge >= 0.3 is 0 Å². The lowest BCUT2D eigenvalue weighted by Gasteiger charge is -2.03. The number of carbonyl (C=O) groups is 1. The highest BCUT2D eigenvalue weighted by molar-refractivity contribution is 14.1. The number of hydrogen-bond acceptors (Lipinski definition) is 3. The molecular weight excluding hydrogens is 506 g/mol. The van der Waals surface area contributed by atoms with E-state index in [1.807, 2.05) is 30.3 Å². The number of phenolic OH excluding ortho intramolecular Hbond substituents is 1. The van der Waals surface area contributed by atoms with Crippen LogP contribution in [0.2, 0.25) is 0 Å². The second-order valence-corrected chi connectivity index (χ2v) is 6.94. The van der Waals surface area contributed by atoms with E-state index in [1.165, 1.54) is 0 Å². The Morgan fingerprint density at radius 1 is 1.18 bits per heavy atom. The van der Waals surface area contributed by atoms with E-state index >= 15 is 0 Å². The molecule has 1 amide bonds. The summed E-state index contributed by atoms with van der Waals surface area (Å²) in [5.41, 5.74) is 4.48. The van der Waals surface area contributed by atoms with Gasteiger partial charge in [-0.25, -0.2) is 5.43 Å². The topological polar surface area (TPSA) is 61.7 Å². The summed E-state index contributed by atoms with van der Waals surface area (Å²) >= 11 is 4.11. The van der Waals surface area contributed by atoms with Crippen LogP contribution in [0.4, 0.5) is 0 Å². The smallest absolute Gasteiger partial charge is 0.240 e. The fourth-order valence-corrected chi connectivity index (χ4v) is 3.61. The number of rotatable bonds is 5. The zero-order chi connectivity index (χ0) is 15.9. The monoisotopic (exact) mass is 520 g/mol. The van der Waals surface area contributed by atoms with Crippen molar-refractivity contribution >= 4 is 57.3 Å². The molecule has 2 aromatic rings. The van der Waals surface area contributed by atoms with Crippen molar-refractivity contribution in [3.63, 3.8) is 0 Å². The van der Waals surface area contributed by atoms with Gasteiger partial charge in [0, 0.05) is 6.42 Å². The Morgan fingerprint density at radius 3 is 2.45 bits per heavy atom. The molecule has 0 aliphatic heterocycles. The molecule has 0 aliphatic carbocycles. The van der Waals surface area contributed by atoms with Gasteiger partial charge in [-0.3, -0.25) is 4.79 Å². The molecule has 2 aromatic carbocycles. The molecule has 0 aromatic heterocycles. The van der Waals surface area contributed by atoms with Gasteiger partial charge in [-0.2, -0.15) is 5.10 Å². The van der Waals surface area contributed by atoms with Gasteiger partial charge in [0.25, 0.3) is 0 Å². The first-order valence-corrected chi connectivity index (χ1v) is 8.76. The van der Waals surface area contributed by atoms with Crippen LogP contribution in [0.15, 0.2) is 47.6 Å². The van der Waals surface area contributed by atoms with Gasteiger partial charge in [-0.05, 0) is 74.9 Å². The lowest BCUT2D eigenvalue weighted by molar-refractivity contribution is -0.121. The number of nitrogens with zero attached hydrogens (tertiary/aromatic N) is 1. The minimum absolute atomic E-state index is 0.122. The molecule has 0 saturated carbocycles. The van der Waals surface area contributed by atoms with Gasteiger partial charge in [-0.1, -0.05) is 30.3 Å². The maximum atomic E-state index is 11.7. The third kappa shape index (κ3) is 5.24. The van der Waals surface area contributed by atoms with E-state index in [2.05, 4.69) is 55.7 Å². The average molecular weight is 520 g/mol. The van der Waals surface area contributed by atoms with Crippen LogP contribution in [0.5, 0.6) is 5.75 Å². The van der Waals surface area contributed by atoms with Crippen molar-refractivity contribution in [1.29, 1.82) is 0 Å². The van der Waals surface area contributed by atoms with E-state index in [9.17, 15) is 9.90 Å². The molecule has 0 saturated heterocycles. The number of hydrazone groups is 1. The van der Waals surface area contributed by atoms with Crippen LogP contribution >= 0.6 is 45.2 Å². The van der Waals surface area contributed by atoms with E-state index in [0.29, 0.717) is 12.8 Å². The summed E-state index contributed by atoms with van der Waals surface area (Å²) in [4.78, 5) is 11.7. The largest absolute Gasteiger partial charge is 0.506 e. The SMILES string of the molecule is O=C(CCc1ccccc1)N/N=C/c1cc(I)c(O)c(I)c1. The van der Waals surface area contributed by atoms with Crippen molar-refractivity contribution < 1.29 is 9.90 Å². The maximum absolute atomic E-state index is 11.7. The number of aryl methyl sites for hydroxylation is 1. The van der Waals surface area contributed by atoms with Crippen LogP contribution in [0.3, 0.4) is 0 Å². The highest BCUT2D eigenvalue weighted by Crippen LogP contribution is 2.26. The molecule has 2 N–H and O–H groups in total. The van der Waals surface area contributed by atoms with Gasteiger partial charge in [0.05, 0.1) is 13.4 Å². The van der Waals surface area contributed by atoms with Crippen molar-refractivity contribution in [1.82, 2.24) is 5.43 Å². The third-order valence-electron chi connectivity index (χ3n) is 2.93. The van der Waals surface area contributed by atoms with Crippen molar-refractivity contribution in [3.8, 4) is 5.75 Å². The molecule has 114 valence electrons. The Hall–Kier alpha value is -1.16. The maximum Gasteiger partial charge on any atom is 0.240 e. The molecule has 0 atom stereocenters. The lowest BCUT2D eigenvalue weighted by Crippen LogP contribution is -2.17. The van der Waals surface area contributed by atoms with Crippen LogP contribution in [-0.4, -0.2) is 17.2 Å². The molecule has 0 bridgehead atoms. The lowest BCUT2D eigenvalue weighted by atomic mass is 10.1. The molecule has 0 spiro atoms. The molecular formula is C16H14I2N2O2. The standard InChI is InChI=1S/C16H14I2N2O2/c17-13-8-12(9-14(18)16(13)22)10-19-20-15(21)7-6-11-4-2-1-3-5-11/h1-5,8-10,22H,6-7H2,(H,20,21)/b19-10+. The Kier molecular flexibility index (Phi) is 6.62. The Balaban J connectivity index is 1.85. The molecule has 0 fully saturated rings. The third-order valence-corrected chi connectivity index (χ3v) is 4.57. The number of nitrogens with one attached hydrogen (secondary N) is 1. The minimum atomic E-state index is -0.122. The number of hydrogen-bond donors (Lipinski definition) is 2. The van der Waals surface area contributed by atoms with E-state index < -0.39 is 0 Å². The van der Waals surface area contributed by atoms with Crippen LogP contribution in [0, 0.1) is 7.14 Å². The summed E-state index contributed by atoms with van der Waals surface area (Å²) in [6, 6.07) is 13.5. The minimum Gasteiger partial charge on any atom is -0.506 e. The van der Waals surface area contributed by atoms with Gasteiger partial charge in [0.15, 0.2) is 0 Å². The first-order chi connectivity index (χ1) is 10.6. The number of phenols is 1. The predicted octanol–water partition coefficient (Wildman–Crippen LogP) is 3.68. The second kappa shape index (κ2) is 8.47. The van der Waals surface area contributed by atoms with Gasteiger partial charge in [0.2, 0.25) is 5.91 Å². The van der Waals surface area contributed by atoms with E-state index in [0.717, 1.165) is 18.3 Å². The summed E-state index contributed by atoms with van der Waals surface area (Å²) in [6.45, 7) is 0.